The highest BCUT2D eigenvalue weighted by molar-refractivity contribution is 5.75. The lowest BCUT2D eigenvalue weighted by molar-refractivity contribution is -0.139. The molecule has 0 aliphatic rings. The van der Waals surface area contributed by atoms with Crippen LogP contribution in [0.15, 0.2) is 60.7 Å². The zero-order valence-corrected chi connectivity index (χ0v) is 10.8. The number of carboxylic acids is 1. The second-order valence-electron chi connectivity index (χ2n) is 4.48. The summed E-state index contributed by atoms with van der Waals surface area (Å²) in [7, 11) is 0. The molecule has 0 radical (unpaired) electrons. The van der Waals surface area contributed by atoms with Crippen LogP contribution in [0.3, 0.4) is 0 Å². The third kappa shape index (κ3) is 3.42. The van der Waals surface area contributed by atoms with E-state index in [1.54, 1.807) is 0 Å². The average Bonchev–Trinajstić information content (AvgIpc) is 2.46. The number of hydrogen-bond acceptors (Lipinski definition) is 2. The fraction of sp³-hybridized carbons (Fsp3) is 0.188. The largest absolute Gasteiger partial charge is 0.480 e. The zero-order valence-electron chi connectivity index (χ0n) is 10.8. The van der Waals surface area contributed by atoms with Crippen molar-refractivity contribution < 1.29 is 9.90 Å². The van der Waals surface area contributed by atoms with Crippen molar-refractivity contribution in [2.75, 3.05) is 0 Å². The van der Waals surface area contributed by atoms with Gasteiger partial charge >= 0.3 is 5.97 Å². The highest BCUT2D eigenvalue weighted by atomic mass is 16.4. The Bertz CT molecular complexity index is 525. The van der Waals surface area contributed by atoms with E-state index in [2.05, 4.69) is 5.32 Å². The molecule has 0 saturated carbocycles. The average molecular weight is 255 g/mol. The van der Waals surface area contributed by atoms with E-state index < -0.39 is 12.0 Å². The van der Waals surface area contributed by atoms with Crippen molar-refractivity contribution in [3.8, 4) is 0 Å². The first-order valence-electron chi connectivity index (χ1n) is 6.27. The summed E-state index contributed by atoms with van der Waals surface area (Å²) in [6.07, 6.45) is 0. The van der Waals surface area contributed by atoms with Gasteiger partial charge in [0.25, 0.3) is 0 Å². The predicted octanol–water partition coefficient (Wildman–Crippen LogP) is 3.16. The molecule has 0 fully saturated rings. The van der Waals surface area contributed by atoms with E-state index in [0.29, 0.717) is 0 Å². The van der Waals surface area contributed by atoms with Crippen LogP contribution >= 0.6 is 0 Å². The van der Waals surface area contributed by atoms with Crippen molar-refractivity contribution in [2.45, 2.75) is 19.0 Å². The third-order valence-corrected chi connectivity index (χ3v) is 3.10. The molecule has 0 spiro atoms. The van der Waals surface area contributed by atoms with Crippen LogP contribution in [0.1, 0.15) is 30.1 Å². The van der Waals surface area contributed by atoms with Crippen LogP contribution in [0.4, 0.5) is 0 Å². The summed E-state index contributed by atoms with van der Waals surface area (Å²) in [5.74, 6) is -0.867. The number of carbonyl (C=O) groups is 1. The first-order valence-corrected chi connectivity index (χ1v) is 6.27. The monoisotopic (exact) mass is 255 g/mol. The standard InChI is InChI=1S/C16H17NO2/c1-12(13-8-4-2-5-9-13)17-15(16(18)19)14-10-6-3-7-11-14/h2-12,15,17H,1H3,(H,18,19)/t12-,15+/m1/s1. The SMILES string of the molecule is C[C@@H](N[C@H](C(=O)O)c1ccccc1)c1ccccc1. The quantitative estimate of drug-likeness (QED) is 0.862. The molecule has 19 heavy (non-hydrogen) atoms. The fourth-order valence-corrected chi connectivity index (χ4v) is 2.04. The molecule has 0 aliphatic carbocycles. The number of benzene rings is 2. The Balaban J connectivity index is 2.16. The molecular weight excluding hydrogens is 238 g/mol. The molecule has 0 bridgehead atoms. The van der Waals surface area contributed by atoms with Gasteiger partial charge in [-0.25, -0.2) is 0 Å². The van der Waals surface area contributed by atoms with E-state index in [4.69, 9.17) is 0 Å². The smallest absolute Gasteiger partial charge is 0.325 e. The number of hydrogen-bond donors (Lipinski definition) is 2. The molecular formula is C16H17NO2. The number of rotatable bonds is 5. The van der Waals surface area contributed by atoms with Crippen molar-refractivity contribution >= 4 is 5.97 Å². The predicted molar refractivity (Wildman–Crippen MR) is 74.8 cm³/mol. The van der Waals surface area contributed by atoms with Gasteiger partial charge in [0, 0.05) is 6.04 Å². The van der Waals surface area contributed by atoms with E-state index in [0.717, 1.165) is 11.1 Å². The maximum absolute atomic E-state index is 11.4. The van der Waals surface area contributed by atoms with Crippen molar-refractivity contribution in [1.29, 1.82) is 0 Å². The van der Waals surface area contributed by atoms with Gasteiger partial charge in [-0.1, -0.05) is 60.7 Å². The normalized spacial score (nSPS) is 13.7. The topological polar surface area (TPSA) is 49.3 Å². The Morgan fingerprint density at radius 3 is 1.89 bits per heavy atom. The van der Waals surface area contributed by atoms with Gasteiger partial charge < -0.3 is 5.11 Å². The molecule has 2 N–H and O–H groups in total. The van der Waals surface area contributed by atoms with Crippen molar-refractivity contribution in [2.24, 2.45) is 0 Å². The highest BCUT2D eigenvalue weighted by Crippen LogP contribution is 2.19. The molecule has 3 nitrogen and oxygen atoms in total. The van der Waals surface area contributed by atoms with Crippen LogP contribution in [-0.4, -0.2) is 11.1 Å². The van der Waals surface area contributed by atoms with Gasteiger partial charge in [0.15, 0.2) is 0 Å². The Hall–Kier alpha value is -2.13. The van der Waals surface area contributed by atoms with Crippen LogP contribution in [0.5, 0.6) is 0 Å². The molecule has 0 aromatic heterocycles. The van der Waals surface area contributed by atoms with Gasteiger partial charge in [0.05, 0.1) is 0 Å². The zero-order chi connectivity index (χ0) is 13.7. The number of nitrogens with one attached hydrogen (secondary N) is 1. The Labute approximate surface area is 112 Å². The van der Waals surface area contributed by atoms with Gasteiger partial charge in [-0.15, -0.1) is 0 Å². The van der Waals surface area contributed by atoms with E-state index in [-0.39, 0.29) is 6.04 Å². The van der Waals surface area contributed by atoms with Gasteiger partial charge in [0.2, 0.25) is 0 Å². The minimum atomic E-state index is -0.867. The first-order chi connectivity index (χ1) is 9.18. The van der Waals surface area contributed by atoms with Gasteiger partial charge in [-0.2, -0.15) is 0 Å². The molecule has 0 heterocycles. The molecule has 2 aromatic carbocycles. The summed E-state index contributed by atoms with van der Waals surface area (Å²) in [6, 6.07) is 18.3. The van der Waals surface area contributed by atoms with Crippen LogP contribution in [0.25, 0.3) is 0 Å². The van der Waals surface area contributed by atoms with Crippen molar-refractivity contribution in [3.05, 3.63) is 71.8 Å². The highest BCUT2D eigenvalue weighted by Gasteiger charge is 2.21. The molecule has 0 aliphatic heterocycles. The minimum Gasteiger partial charge on any atom is -0.480 e. The Kier molecular flexibility index (Phi) is 4.31. The lowest BCUT2D eigenvalue weighted by Crippen LogP contribution is -2.30. The molecule has 2 rings (SSSR count). The van der Waals surface area contributed by atoms with Crippen LogP contribution in [-0.2, 0) is 4.79 Å². The maximum Gasteiger partial charge on any atom is 0.325 e. The van der Waals surface area contributed by atoms with E-state index >= 15 is 0 Å². The molecule has 98 valence electrons. The number of carboxylic acid groups (broad SMARTS) is 1. The molecule has 2 atom stereocenters. The third-order valence-electron chi connectivity index (χ3n) is 3.10. The van der Waals surface area contributed by atoms with Crippen LogP contribution < -0.4 is 5.32 Å². The lowest BCUT2D eigenvalue weighted by atomic mass is 10.0. The van der Waals surface area contributed by atoms with Crippen molar-refractivity contribution in [3.63, 3.8) is 0 Å². The first kappa shape index (κ1) is 13.3. The molecule has 0 amide bonds. The van der Waals surface area contributed by atoms with Gasteiger partial charge in [0.1, 0.15) is 6.04 Å². The lowest BCUT2D eigenvalue weighted by Gasteiger charge is -2.20. The second kappa shape index (κ2) is 6.16. The summed E-state index contributed by atoms with van der Waals surface area (Å²) in [5, 5.41) is 12.5. The summed E-state index contributed by atoms with van der Waals surface area (Å²) in [4.78, 5) is 11.4. The summed E-state index contributed by atoms with van der Waals surface area (Å²) in [6.45, 7) is 1.97. The maximum atomic E-state index is 11.4. The van der Waals surface area contributed by atoms with Crippen molar-refractivity contribution in [1.82, 2.24) is 5.32 Å². The minimum absolute atomic E-state index is 0.0255. The molecule has 0 unspecified atom stereocenters. The fourth-order valence-electron chi connectivity index (χ4n) is 2.04. The van der Waals surface area contributed by atoms with E-state index in [1.165, 1.54) is 0 Å². The van der Waals surface area contributed by atoms with E-state index in [1.807, 2.05) is 67.6 Å². The van der Waals surface area contributed by atoms with Crippen LogP contribution in [0, 0.1) is 0 Å². The number of aliphatic carboxylic acids is 1. The Morgan fingerprint density at radius 1 is 0.947 bits per heavy atom. The summed E-state index contributed by atoms with van der Waals surface area (Å²) >= 11 is 0. The Morgan fingerprint density at radius 2 is 1.42 bits per heavy atom. The molecule has 0 saturated heterocycles. The second-order valence-corrected chi connectivity index (χ2v) is 4.48. The molecule has 2 aromatic rings. The van der Waals surface area contributed by atoms with E-state index in [9.17, 15) is 9.90 Å². The summed E-state index contributed by atoms with van der Waals surface area (Å²) < 4.78 is 0. The van der Waals surface area contributed by atoms with Gasteiger partial charge in [-0.05, 0) is 18.1 Å². The van der Waals surface area contributed by atoms with Crippen LogP contribution in [0.2, 0.25) is 0 Å². The summed E-state index contributed by atoms with van der Waals surface area (Å²) in [5.41, 5.74) is 1.84. The van der Waals surface area contributed by atoms with Gasteiger partial charge in [-0.3, -0.25) is 10.1 Å². The molecule has 3 heteroatoms.